The van der Waals surface area contributed by atoms with Crippen molar-refractivity contribution in [3.8, 4) is 17.6 Å². The smallest absolute Gasteiger partial charge is 0.127 e. The summed E-state index contributed by atoms with van der Waals surface area (Å²) in [5.41, 5.74) is 8.41. The fourth-order valence-electron chi connectivity index (χ4n) is 1.96. The summed E-state index contributed by atoms with van der Waals surface area (Å²) in [4.78, 5) is 0. The van der Waals surface area contributed by atoms with Crippen LogP contribution in [0.15, 0.2) is 42.5 Å². The van der Waals surface area contributed by atoms with Crippen molar-refractivity contribution in [1.29, 1.82) is 5.26 Å². The van der Waals surface area contributed by atoms with Crippen molar-refractivity contribution < 1.29 is 9.47 Å². The Labute approximate surface area is 124 Å². The van der Waals surface area contributed by atoms with E-state index < -0.39 is 0 Å². The average molecular weight is 282 g/mol. The van der Waals surface area contributed by atoms with Crippen molar-refractivity contribution in [2.24, 2.45) is 0 Å². The summed E-state index contributed by atoms with van der Waals surface area (Å²) >= 11 is 0. The highest BCUT2D eigenvalue weighted by atomic mass is 16.5. The van der Waals surface area contributed by atoms with Gasteiger partial charge in [0.2, 0.25) is 0 Å². The van der Waals surface area contributed by atoms with Crippen molar-refractivity contribution in [3.05, 3.63) is 53.6 Å². The van der Waals surface area contributed by atoms with Crippen LogP contribution in [0.5, 0.6) is 11.5 Å². The number of methoxy groups -OCH3 is 1. The number of nitriles is 1. The number of benzene rings is 2. The monoisotopic (exact) mass is 282 g/mol. The van der Waals surface area contributed by atoms with E-state index in [1.54, 1.807) is 25.3 Å². The lowest BCUT2D eigenvalue weighted by molar-refractivity contribution is 0.202. The van der Waals surface area contributed by atoms with Crippen LogP contribution >= 0.6 is 0 Å². The first-order valence-corrected chi connectivity index (χ1v) is 6.74. The molecular formula is C17H18N2O2. The van der Waals surface area contributed by atoms with Crippen molar-refractivity contribution in [2.75, 3.05) is 19.5 Å². The van der Waals surface area contributed by atoms with Gasteiger partial charge in [0.1, 0.15) is 11.5 Å². The zero-order chi connectivity index (χ0) is 15.1. The maximum atomic E-state index is 8.77. The van der Waals surface area contributed by atoms with Gasteiger partial charge in [-0.2, -0.15) is 5.26 Å². The van der Waals surface area contributed by atoms with E-state index in [2.05, 4.69) is 6.07 Å². The molecule has 21 heavy (non-hydrogen) atoms. The molecule has 0 radical (unpaired) electrons. The lowest BCUT2D eigenvalue weighted by Crippen LogP contribution is -1.95. The number of nitrogens with two attached hydrogens (primary N) is 1. The van der Waals surface area contributed by atoms with Crippen molar-refractivity contribution in [1.82, 2.24) is 0 Å². The van der Waals surface area contributed by atoms with Gasteiger partial charge in [0.15, 0.2) is 0 Å². The number of ether oxygens (including phenoxy) is 2. The first-order chi connectivity index (χ1) is 10.2. The molecule has 0 fully saturated rings. The first kappa shape index (κ1) is 14.9. The third kappa shape index (κ3) is 4.23. The molecule has 2 rings (SSSR count). The molecule has 0 amide bonds. The van der Waals surface area contributed by atoms with E-state index in [9.17, 15) is 0 Å². The van der Waals surface area contributed by atoms with Crippen LogP contribution in [-0.4, -0.2) is 13.7 Å². The zero-order valence-electron chi connectivity index (χ0n) is 12.0. The van der Waals surface area contributed by atoms with Crippen molar-refractivity contribution in [2.45, 2.75) is 12.8 Å². The molecule has 0 aliphatic rings. The number of anilines is 1. The predicted octanol–water partition coefficient (Wildman–Crippen LogP) is 3.32. The summed E-state index contributed by atoms with van der Waals surface area (Å²) in [6.45, 7) is 0.704. The zero-order valence-corrected chi connectivity index (χ0v) is 12.0. The summed E-state index contributed by atoms with van der Waals surface area (Å²) in [5.74, 6) is 1.43. The van der Waals surface area contributed by atoms with E-state index >= 15 is 0 Å². The molecule has 0 saturated carbocycles. The van der Waals surface area contributed by atoms with Gasteiger partial charge in [0, 0.05) is 12.8 Å². The molecule has 4 nitrogen and oxygen atoms in total. The van der Waals surface area contributed by atoms with E-state index in [4.69, 9.17) is 20.5 Å². The topological polar surface area (TPSA) is 68.3 Å². The van der Waals surface area contributed by atoms with E-state index in [-0.39, 0.29) is 6.42 Å². The molecular weight excluding hydrogens is 264 g/mol. The Balaban J connectivity index is 2.07. The molecule has 0 aromatic heterocycles. The van der Waals surface area contributed by atoms with E-state index in [0.29, 0.717) is 18.0 Å². The molecule has 0 spiro atoms. The Morgan fingerprint density at radius 3 is 2.48 bits per heavy atom. The summed E-state index contributed by atoms with van der Waals surface area (Å²) in [6, 6.07) is 15.3. The third-order valence-electron chi connectivity index (χ3n) is 3.14. The maximum Gasteiger partial charge on any atom is 0.127 e. The summed E-state index contributed by atoms with van der Waals surface area (Å²) in [7, 11) is 1.69. The number of hydrogen-bond acceptors (Lipinski definition) is 4. The fourth-order valence-corrected chi connectivity index (χ4v) is 1.96. The van der Waals surface area contributed by atoms with Gasteiger partial charge in [-0.1, -0.05) is 12.1 Å². The number of rotatable bonds is 6. The van der Waals surface area contributed by atoms with E-state index in [1.807, 2.05) is 24.3 Å². The Morgan fingerprint density at radius 2 is 1.81 bits per heavy atom. The molecule has 108 valence electrons. The van der Waals surface area contributed by atoms with Gasteiger partial charge in [-0.3, -0.25) is 0 Å². The Morgan fingerprint density at radius 1 is 1.10 bits per heavy atom. The Bertz CT molecular complexity index is 630. The molecule has 0 atom stereocenters. The van der Waals surface area contributed by atoms with Crippen molar-refractivity contribution >= 4 is 5.69 Å². The molecule has 0 heterocycles. The van der Waals surface area contributed by atoms with Crippen LogP contribution in [0.25, 0.3) is 0 Å². The first-order valence-electron chi connectivity index (χ1n) is 6.74. The van der Waals surface area contributed by atoms with Gasteiger partial charge in [0.05, 0.1) is 19.1 Å². The summed E-state index contributed by atoms with van der Waals surface area (Å²) in [5, 5.41) is 8.77. The predicted molar refractivity (Wildman–Crippen MR) is 82.3 cm³/mol. The van der Waals surface area contributed by atoms with Crippen LogP contribution in [0.4, 0.5) is 5.69 Å². The highest BCUT2D eigenvalue weighted by Gasteiger charge is 2.03. The van der Waals surface area contributed by atoms with Crippen LogP contribution < -0.4 is 10.5 Å². The number of hydrogen-bond donors (Lipinski definition) is 1. The minimum absolute atomic E-state index is 0.277. The standard InChI is InChI=1S/C17H18N2O2/c1-20-11-9-13-2-4-15(5-3-13)21-16-6-7-17(19)14(12-16)8-10-18/h2-7,12H,8-9,11,19H2,1H3. The second kappa shape index (κ2) is 7.32. The molecule has 0 unspecified atom stereocenters. The highest BCUT2D eigenvalue weighted by Crippen LogP contribution is 2.25. The molecule has 0 aliphatic heterocycles. The number of nitrogens with zero attached hydrogens (tertiary/aromatic N) is 1. The van der Waals surface area contributed by atoms with Gasteiger partial charge >= 0.3 is 0 Å². The number of nitrogen functional groups attached to an aromatic ring is 1. The largest absolute Gasteiger partial charge is 0.457 e. The van der Waals surface area contributed by atoms with Crippen LogP contribution in [-0.2, 0) is 17.6 Å². The Kier molecular flexibility index (Phi) is 5.19. The molecule has 0 aliphatic carbocycles. The van der Waals surface area contributed by atoms with Crippen LogP contribution in [0.1, 0.15) is 11.1 Å². The van der Waals surface area contributed by atoms with Crippen LogP contribution in [0.3, 0.4) is 0 Å². The third-order valence-corrected chi connectivity index (χ3v) is 3.14. The summed E-state index contributed by atoms with van der Waals surface area (Å²) in [6.07, 6.45) is 1.16. The SMILES string of the molecule is COCCc1ccc(Oc2ccc(N)c(CC#N)c2)cc1. The van der Waals surface area contributed by atoms with Gasteiger partial charge in [0.25, 0.3) is 0 Å². The van der Waals surface area contributed by atoms with Crippen LogP contribution in [0.2, 0.25) is 0 Å². The molecule has 2 aromatic carbocycles. The second-order valence-corrected chi connectivity index (χ2v) is 4.68. The second-order valence-electron chi connectivity index (χ2n) is 4.68. The van der Waals surface area contributed by atoms with Crippen molar-refractivity contribution in [3.63, 3.8) is 0 Å². The lowest BCUT2D eigenvalue weighted by atomic mass is 10.1. The van der Waals surface area contributed by atoms with Crippen LogP contribution in [0, 0.1) is 11.3 Å². The molecule has 0 saturated heterocycles. The average Bonchev–Trinajstić information content (AvgIpc) is 2.50. The minimum Gasteiger partial charge on any atom is -0.457 e. The minimum atomic E-state index is 0.277. The van der Waals surface area contributed by atoms with Gasteiger partial charge in [-0.05, 0) is 47.9 Å². The van der Waals surface area contributed by atoms with E-state index in [0.717, 1.165) is 17.7 Å². The maximum absolute atomic E-state index is 8.77. The molecule has 2 aromatic rings. The normalized spacial score (nSPS) is 10.1. The Hall–Kier alpha value is -2.51. The molecule has 4 heteroatoms. The van der Waals surface area contributed by atoms with E-state index in [1.165, 1.54) is 5.56 Å². The molecule has 2 N–H and O–H groups in total. The van der Waals surface area contributed by atoms with Gasteiger partial charge < -0.3 is 15.2 Å². The van der Waals surface area contributed by atoms with Gasteiger partial charge in [-0.25, -0.2) is 0 Å². The molecule has 0 bridgehead atoms. The fraction of sp³-hybridized carbons (Fsp3) is 0.235. The van der Waals surface area contributed by atoms with Gasteiger partial charge in [-0.15, -0.1) is 0 Å². The highest BCUT2D eigenvalue weighted by molar-refractivity contribution is 5.52. The quantitative estimate of drug-likeness (QED) is 0.825. The summed E-state index contributed by atoms with van der Waals surface area (Å²) < 4.78 is 10.8. The lowest BCUT2D eigenvalue weighted by Gasteiger charge is -2.09.